The molecule has 1 aromatic heterocycles. The van der Waals surface area contributed by atoms with Crippen LogP contribution in [-0.2, 0) is 17.4 Å². The summed E-state index contributed by atoms with van der Waals surface area (Å²) < 4.78 is 6.87. The third-order valence-corrected chi connectivity index (χ3v) is 3.78. The summed E-state index contributed by atoms with van der Waals surface area (Å²) in [7, 11) is 3.30. The molecule has 1 amide bonds. The van der Waals surface area contributed by atoms with Gasteiger partial charge in [-0.2, -0.15) is 0 Å². The monoisotopic (exact) mass is 316 g/mol. The van der Waals surface area contributed by atoms with Crippen LogP contribution < -0.4 is 10.1 Å². The maximum absolute atomic E-state index is 12.5. The second-order valence-corrected chi connectivity index (χ2v) is 5.59. The normalized spacial score (nSPS) is 13.2. The Bertz CT molecular complexity index is 723. The van der Waals surface area contributed by atoms with Gasteiger partial charge in [0.25, 0.3) is 5.91 Å². The first-order valence-electron chi connectivity index (χ1n) is 7.16. The van der Waals surface area contributed by atoms with Crippen LogP contribution in [-0.4, -0.2) is 28.7 Å². The zero-order valence-electron chi connectivity index (χ0n) is 13.4. The van der Waals surface area contributed by atoms with Crippen molar-refractivity contribution in [2.24, 2.45) is 7.05 Å². The van der Waals surface area contributed by atoms with E-state index in [4.69, 9.17) is 4.74 Å². The Morgan fingerprint density at radius 1 is 1.30 bits per heavy atom. The number of rotatable bonds is 6. The highest BCUT2D eigenvalue weighted by atomic mass is 16.5. The highest BCUT2D eigenvalue weighted by molar-refractivity contribution is 5.93. The minimum atomic E-state index is -1.05. The predicted octanol–water partition coefficient (Wildman–Crippen LogP) is 2.15. The van der Waals surface area contributed by atoms with Crippen molar-refractivity contribution in [2.45, 2.75) is 18.9 Å². The summed E-state index contributed by atoms with van der Waals surface area (Å²) in [5.41, 5.74) is 0.0770. The summed E-state index contributed by atoms with van der Waals surface area (Å²) in [6.07, 6.45) is 1.52. The van der Waals surface area contributed by atoms with Crippen LogP contribution in [0.5, 0.6) is 5.75 Å². The molecule has 0 bridgehead atoms. The Labute approximate surface area is 134 Å². The molecule has 0 saturated heterocycles. The van der Waals surface area contributed by atoms with Gasteiger partial charge < -0.3 is 19.7 Å². The average molecular weight is 316 g/mol. The number of carboxylic acid groups (broad SMARTS) is 1. The summed E-state index contributed by atoms with van der Waals surface area (Å²) in [5.74, 6) is -0.723. The summed E-state index contributed by atoms with van der Waals surface area (Å²) in [5, 5.41) is 12.1. The summed E-state index contributed by atoms with van der Waals surface area (Å²) in [4.78, 5) is 23.8. The molecule has 0 aliphatic carbocycles. The number of carboxylic acids is 1. The van der Waals surface area contributed by atoms with Gasteiger partial charge in [-0.25, -0.2) is 0 Å². The SMILES string of the molecule is COc1cccc(C(C)(CC(=O)O)NC(=O)c2cccn2C)c1. The first kappa shape index (κ1) is 16.6. The van der Waals surface area contributed by atoms with Gasteiger partial charge in [-0.05, 0) is 36.8 Å². The van der Waals surface area contributed by atoms with Crippen LogP contribution in [0.1, 0.15) is 29.4 Å². The highest BCUT2D eigenvalue weighted by Crippen LogP contribution is 2.28. The zero-order valence-corrected chi connectivity index (χ0v) is 13.4. The van der Waals surface area contributed by atoms with Crippen LogP contribution in [0.15, 0.2) is 42.6 Å². The van der Waals surface area contributed by atoms with Crippen molar-refractivity contribution in [1.29, 1.82) is 0 Å². The second-order valence-electron chi connectivity index (χ2n) is 5.59. The van der Waals surface area contributed by atoms with Crippen LogP contribution in [0.25, 0.3) is 0 Å². The van der Waals surface area contributed by atoms with Gasteiger partial charge in [0.1, 0.15) is 11.4 Å². The Morgan fingerprint density at radius 3 is 2.61 bits per heavy atom. The molecule has 2 aromatic rings. The fourth-order valence-electron chi connectivity index (χ4n) is 2.50. The molecule has 122 valence electrons. The molecule has 1 unspecified atom stereocenters. The number of carbonyl (C=O) groups is 2. The van der Waals surface area contributed by atoms with E-state index in [0.717, 1.165) is 0 Å². The molecule has 1 aromatic carbocycles. The van der Waals surface area contributed by atoms with Gasteiger partial charge in [0.15, 0.2) is 0 Å². The fraction of sp³-hybridized carbons (Fsp3) is 0.294. The van der Waals surface area contributed by atoms with Crippen molar-refractivity contribution < 1.29 is 19.4 Å². The van der Waals surface area contributed by atoms with Crippen molar-refractivity contribution in [3.8, 4) is 5.75 Å². The average Bonchev–Trinajstić information content (AvgIpc) is 2.92. The number of nitrogens with zero attached hydrogens (tertiary/aromatic N) is 1. The standard InChI is InChI=1S/C17H20N2O4/c1-17(11-15(20)21,12-6-4-7-13(10-12)23-3)18-16(22)14-8-5-9-19(14)2/h4-10H,11H2,1-3H3,(H,18,22)(H,20,21). The second kappa shape index (κ2) is 6.56. The predicted molar refractivity (Wildman–Crippen MR) is 85.5 cm³/mol. The smallest absolute Gasteiger partial charge is 0.306 e. The Hall–Kier alpha value is -2.76. The molecular formula is C17H20N2O4. The van der Waals surface area contributed by atoms with Gasteiger partial charge >= 0.3 is 5.97 Å². The highest BCUT2D eigenvalue weighted by Gasteiger charge is 2.32. The van der Waals surface area contributed by atoms with Crippen LogP contribution >= 0.6 is 0 Å². The number of ether oxygens (including phenoxy) is 1. The van der Waals surface area contributed by atoms with E-state index in [1.165, 1.54) is 7.11 Å². The number of aliphatic carboxylic acids is 1. The molecule has 6 heteroatoms. The van der Waals surface area contributed by atoms with E-state index < -0.39 is 11.5 Å². The van der Waals surface area contributed by atoms with Crippen LogP contribution in [0.4, 0.5) is 0 Å². The molecule has 1 atom stereocenters. The first-order valence-corrected chi connectivity index (χ1v) is 7.16. The number of amides is 1. The van der Waals surface area contributed by atoms with E-state index in [1.807, 2.05) is 0 Å². The van der Waals surface area contributed by atoms with E-state index in [0.29, 0.717) is 17.0 Å². The quantitative estimate of drug-likeness (QED) is 0.856. The Balaban J connectivity index is 2.37. The van der Waals surface area contributed by atoms with E-state index in [-0.39, 0.29) is 12.3 Å². The first-order chi connectivity index (χ1) is 10.9. The summed E-state index contributed by atoms with van der Waals surface area (Å²) in [6, 6.07) is 10.5. The molecule has 0 fully saturated rings. The molecule has 0 saturated carbocycles. The summed E-state index contributed by atoms with van der Waals surface area (Å²) in [6.45, 7) is 1.69. The lowest BCUT2D eigenvalue weighted by Crippen LogP contribution is -2.45. The fourth-order valence-corrected chi connectivity index (χ4v) is 2.50. The lowest BCUT2D eigenvalue weighted by Gasteiger charge is -2.30. The topological polar surface area (TPSA) is 80.6 Å². The van der Waals surface area contributed by atoms with Crippen molar-refractivity contribution in [1.82, 2.24) is 9.88 Å². The van der Waals surface area contributed by atoms with Crippen molar-refractivity contribution in [2.75, 3.05) is 7.11 Å². The van der Waals surface area contributed by atoms with Gasteiger partial charge in [-0.15, -0.1) is 0 Å². The molecule has 2 rings (SSSR count). The Kier molecular flexibility index (Phi) is 4.74. The molecule has 0 radical (unpaired) electrons. The van der Waals surface area contributed by atoms with E-state index in [1.54, 1.807) is 61.1 Å². The minimum absolute atomic E-state index is 0.240. The third kappa shape index (κ3) is 3.71. The number of nitrogens with one attached hydrogen (secondary N) is 1. The van der Waals surface area contributed by atoms with Crippen molar-refractivity contribution in [3.05, 3.63) is 53.9 Å². The number of aryl methyl sites for hydroxylation is 1. The molecule has 0 spiro atoms. The molecule has 23 heavy (non-hydrogen) atoms. The van der Waals surface area contributed by atoms with Gasteiger partial charge in [0.05, 0.1) is 19.1 Å². The number of methoxy groups -OCH3 is 1. The van der Waals surface area contributed by atoms with Crippen LogP contribution in [0, 0.1) is 0 Å². The number of hydrogen-bond donors (Lipinski definition) is 2. The maximum Gasteiger partial charge on any atom is 0.306 e. The molecule has 0 aliphatic rings. The van der Waals surface area contributed by atoms with E-state index in [2.05, 4.69) is 5.32 Å². The van der Waals surface area contributed by atoms with Gasteiger partial charge in [0.2, 0.25) is 0 Å². The number of benzene rings is 1. The van der Waals surface area contributed by atoms with E-state index in [9.17, 15) is 14.7 Å². The zero-order chi connectivity index (χ0) is 17.0. The van der Waals surface area contributed by atoms with Crippen molar-refractivity contribution in [3.63, 3.8) is 0 Å². The molecule has 0 aliphatic heterocycles. The van der Waals surface area contributed by atoms with E-state index >= 15 is 0 Å². The summed E-state index contributed by atoms with van der Waals surface area (Å²) >= 11 is 0. The number of aromatic nitrogens is 1. The minimum Gasteiger partial charge on any atom is -0.497 e. The third-order valence-electron chi connectivity index (χ3n) is 3.78. The lowest BCUT2D eigenvalue weighted by molar-refractivity contribution is -0.138. The molecular weight excluding hydrogens is 296 g/mol. The molecule has 2 N–H and O–H groups in total. The van der Waals surface area contributed by atoms with Crippen LogP contribution in [0.2, 0.25) is 0 Å². The van der Waals surface area contributed by atoms with Gasteiger partial charge in [0, 0.05) is 13.2 Å². The number of hydrogen-bond acceptors (Lipinski definition) is 3. The van der Waals surface area contributed by atoms with Gasteiger partial charge in [-0.3, -0.25) is 9.59 Å². The van der Waals surface area contributed by atoms with Crippen LogP contribution in [0.3, 0.4) is 0 Å². The molecule has 1 heterocycles. The Morgan fingerprint density at radius 2 is 2.04 bits per heavy atom. The largest absolute Gasteiger partial charge is 0.497 e. The van der Waals surface area contributed by atoms with Crippen molar-refractivity contribution >= 4 is 11.9 Å². The molecule has 6 nitrogen and oxygen atoms in total. The number of carbonyl (C=O) groups excluding carboxylic acids is 1. The lowest BCUT2D eigenvalue weighted by atomic mass is 9.88. The maximum atomic E-state index is 12.5. The van der Waals surface area contributed by atoms with Gasteiger partial charge in [-0.1, -0.05) is 12.1 Å².